The first-order valence-electron chi connectivity index (χ1n) is 9.14. The number of carbonyl (C=O) groups is 1. The number of nitrogens with zero attached hydrogens (tertiary/aromatic N) is 4. The average Bonchev–Trinajstić information content (AvgIpc) is 2.92. The van der Waals surface area contributed by atoms with Crippen LogP contribution in [0.4, 0.5) is 0 Å². The van der Waals surface area contributed by atoms with Gasteiger partial charge in [0.2, 0.25) is 0 Å². The van der Waals surface area contributed by atoms with Crippen LogP contribution in [0.2, 0.25) is 0 Å². The van der Waals surface area contributed by atoms with Crippen molar-refractivity contribution in [3.63, 3.8) is 0 Å². The SMILES string of the molecule is CCc1nnsc1C(=O)N1CCCC[C@H]1CN1CCCCCC1. The van der Waals surface area contributed by atoms with E-state index < -0.39 is 0 Å². The molecule has 0 radical (unpaired) electrons. The van der Waals surface area contributed by atoms with Gasteiger partial charge in [-0.1, -0.05) is 24.3 Å². The highest BCUT2D eigenvalue weighted by molar-refractivity contribution is 7.08. The smallest absolute Gasteiger partial charge is 0.267 e. The molecule has 1 aromatic rings. The maximum Gasteiger partial charge on any atom is 0.267 e. The molecule has 3 heterocycles. The summed E-state index contributed by atoms with van der Waals surface area (Å²) in [6, 6.07) is 0.362. The lowest BCUT2D eigenvalue weighted by molar-refractivity contribution is 0.0550. The molecule has 0 bridgehead atoms. The normalized spacial score (nSPS) is 23.7. The maximum atomic E-state index is 13.0. The van der Waals surface area contributed by atoms with Crippen molar-refractivity contribution in [2.75, 3.05) is 26.2 Å². The van der Waals surface area contributed by atoms with Crippen LogP contribution in [0, 0.1) is 0 Å². The van der Waals surface area contributed by atoms with Gasteiger partial charge < -0.3 is 9.80 Å². The Morgan fingerprint density at radius 1 is 1.13 bits per heavy atom. The molecule has 2 fully saturated rings. The average molecular weight is 337 g/mol. The molecule has 2 aliphatic heterocycles. The van der Waals surface area contributed by atoms with Crippen molar-refractivity contribution in [2.45, 2.75) is 64.3 Å². The van der Waals surface area contributed by atoms with Gasteiger partial charge >= 0.3 is 0 Å². The Morgan fingerprint density at radius 2 is 1.87 bits per heavy atom. The Balaban J connectivity index is 1.69. The summed E-state index contributed by atoms with van der Waals surface area (Å²) in [5, 5.41) is 4.11. The van der Waals surface area contributed by atoms with Gasteiger partial charge in [-0.05, 0) is 63.1 Å². The molecule has 23 heavy (non-hydrogen) atoms. The van der Waals surface area contributed by atoms with Gasteiger partial charge in [0, 0.05) is 19.1 Å². The lowest BCUT2D eigenvalue weighted by atomic mass is 10.0. The first kappa shape index (κ1) is 16.8. The third-order valence-corrected chi connectivity index (χ3v) is 5.90. The van der Waals surface area contributed by atoms with Crippen molar-refractivity contribution in [3.8, 4) is 0 Å². The number of hydrogen-bond acceptors (Lipinski definition) is 5. The third kappa shape index (κ3) is 4.10. The number of aryl methyl sites for hydroxylation is 1. The minimum atomic E-state index is 0.163. The zero-order valence-corrected chi connectivity index (χ0v) is 15.0. The van der Waals surface area contributed by atoms with E-state index in [1.165, 1.54) is 56.7 Å². The van der Waals surface area contributed by atoms with E-state index >= 15 is 0 Å². The largest absolute Gasteiger partial charge is 0.334 e. The number of amides is 1. The van der Waals surface area contributed by atoms with Gasteiger partial charge in [-0.15, -0.1) is 5.10 Å². The van der Waals surface area contributed by atoms with E-state index in [2.05, 4.69) is 19.4 Å². The molecular weight excluding hydrogens is 308 g/mol. The number of likely N-dealkylation sites (tertiary alicyclic amines) is 2. The van der Waals surface area contributed by atoms with Gasteiger partial charge in [-0.2, -0.15) is 0 Å². The topological polar surface area (TPSA) is 49.3 Å². The summed E-state index contributed by atoms with van der Waals surface area (Å²) >= 11 is 1.26. The molecule has 1 atom stereocenters. The first-order chi connectivity index (χ1) is 11.3. The Kier molecular flexibility index (Phi) is 6.00. The fourth-order valence-electron chi connectivity index (χ4n) is 3.81. The van der Waals surface area contributed by atoms with Crippen LogP contribution in [0.3, 0.4) is 0 Å². The minimum absolute atomic E-state index is 0.163. The molecule has 0 N–H and O–H groups in total. The monoisotopic (exact) mass is 336 g/mol. The Labute approximate surface area is 143 Å². The summed E-state index contributed by atoms with van der Waals surface area (Å²) < 4.78 is 4.00. The van der Waals surface area contributed by atoms with E-state index in [9.17, 15) is 4.79 Å². The van der Waals surface area contributed by atoms with Gasteiger partial charge in [0.15, 0.2) is 0 Å². The van der Waals surface area contributed by atoms with Crippen molar-refractivity contribution < 1.29 is 4.79 Å². The number of aromatic nitrogens is 2. The van der Waals surface area contributed by atoms with E-state index in [0.717, 1.165) is 42.9 Å². The molecule has 2 aliphatic rings. The van der Waals surface area contributed by atoms with Gasteiger partial charge in [-0.25, -0.2) is 0 Å². The second-order valence-corrected chi connectivity index (χ2v) is 7.52. The third-order valence-electron chi connectivity index (χ3n) is 5.14. The van der Waals surface area contributed by atoms with Crippen LogP contribution in [-0.2, 0) is 6.42 Å². The molecule has 2 saturated heterocycles. The molecule has 6 heteroatoms. The highest BCUT2D eigenvalue weighted by atomic mass is 32.1. The highest BCUT2D eigenvalue weighted by Crippen LogP contribution is 2.24. The maximum absolute atomic E-state index is 13.0. The lowest BCUT2D eigenvalue weighted by Gasteiger charge is -2.38. The van der Waals surface area contributed by atoms with Gasteiger partial charge in [0.25, 0.3) is 5.91 Å². The van der Waals surface area contributed by atoms with Gasteiger partial charge in [0.05, 0.1) is 5.69 Å². The predicted octanol–water partition coefficient (Wildman–Crippen LogP) is 2.97. The molecule has 3 rings (SSSR count). The fourth-order valence-corrected chi connectivity index (χ4v) is 4.51. The van der Waals surface area contributed by atoms with Crippen LogP contribution < -0.4 is 0 Å². The van der Waals surface area contributed by atoms with E-state index in [4.69, 9.17) is 0 Å². The quantitative estimate of drug-likeness (QED) is 0.848. The summed E-state index contributed by atoms with van der Waals surface area (Å²) in [5.41, 5.74) is 0.860. The number of piperidine rings is 1. The van der Waals surface area contributed by atoms with Crippen LogP contribution in [-0.4, -0.2) is 57.5 Å². The van der Waals surface area contributed by atoms with Crippen molar-refractivity contribution in [3.05, 3.63) is 10.6 Å². The van der Waals surface area contributed by atoms with Crippen LogP contribution in [0.5, 0.6) is 0 Å². The molecule has 0 aromatic carbocycles. The van der Waals surface area contributed by atoms with E-state index in [0.29, 0.717) is 6.04 Å². The molecule has 1 aromatic heterocycles. The Bertz CT molecular complexity index is 510. The molecule has 0 spiro atoms. The lowest BCUT2D eigenvalue weighted by Crippen LogP contribution is -2.49. The van der Waals surface area contributed by atoms with Gasteiger partial charge in [-0.3, -0.25) is 4.79 Å². The predicted molar refractivity (Wildman–Crippen MR) is 92.9 cm³/mol. The van der Waals surface area contributed by atoms with E-state index in [1.54, 1.807) is 0 Å². The second kappa shape index (κ2) is 8.20. The summed E-state index contributed by atoms with van der Waals surface area (Å²) in [5.74, 6) is 0.163. The summed E-state index contributed by atoms with van der Waals surface area (Å²) in [6.45, 7) is 6.36. The van der Waals surface area contributed by atoms with Crippen molar-refractivity contribution in [1.29, 1.82) is 0 Å². The summed E-state index contributed by atoms with van der Waals surface area (Å²) in [6.07, 6.45) is 9.60. The van der Waals surface area contributed by atoms with Crippen LogP contribution >= 0.6 is 11.5 Å². The molecule has 1 amide bonds. The number of rotatable bonds is 4. The highest BCUT2D eigenvalue weighted by Gasteiger charge is 2.31. The molecule has 0 unspecified atom stereocenters. The molecule has 0 aliphatic carbocycles. The molecule has 128 valence electrons. The Morgan fingerprint density at radius 3 is 2.61 bits per heavy atom. The van der Waals surface area contributed by atoms with Crippen LogP contribution in [0.1, 0.15) is 67.2 Å². The van der Waals surface area contributed by atoms with E-state index in [-0.39, 0.29) is 5.91 Å². The standard InChI is InChI=1S/C17H28N4OS/c1-2-15-16(23-19-18-15)17(22)21-12-8-5-9-14(21)13-20-10-6-3-4-7-11-20/h14H,2-13H2,1H3/t14-/m0/s1. The van der Waals surface area contributed by atoms with Crippen molar-refractivity contribution >= 4 is 17.4 Å². The summed E-state index contributed by atoms with van der Waals surface area (Å²) in [4.78, 5) is 18.5. The zero-order valence-electron chi connectivity index (χ0n) is 14.2. The van der Waals surface area contributed by atoms with Gasteiger partial charge in [0.1, 0.15) is 4.88 Å². The Hall–Kier alpha value is -1.01. The number of carbonyl (C=O) groups excluding carboxylic acids is 1. The van der Waals surface area contributed by atoms with E-state index in [1.807, 2.05) is 6.92 Å². The molecule has 0 saturated carbocycles. The molecular formula is C17H28N4OS. The fraction of sp³-hybridized carbons (Fsp3) is 0.824. The van der Waals surface area contributed by atoms with Crippen molar-refractivity contribution in [1.82, 2.24) is 19.4 Å². The zero-order chi connectivity index (χ0) is 16.1. The molecule has 5 nitrogen and oxygen atoms in total. The number of hydrogen-bond donors (Lipinski definition) is 0. The second-order valence-electron chi connectivity index (χ2n) is 6.77. The first-order valence-corrected chi connectivity index (χ1v) is 9.91. The van der Waals surface area contributed by atoms with Crippen LogP contribution in [0.15, 0.2) is 0 Å². The van der Waals surface area contributed by atoms with Crippen molar-refractivity contribution in [2.24, 2.45) is 0 Å². The minimum Gasteiger partial charge on any atom is -0.334 e. The summed E-state index contributed by atoms with van der Waals surface area (Å²) in [7, 11) is 0. The van der Waals surface area contributed by atoms with Crippen LogP contribution in [0.25, 0.3) is 0 Å².